The van der Waals surface area contributed by atoms with Gasteiger partial charge in [-0.25, -0.2) is 17.7 Å². The molecular formula is C20H20FN5O3S. The van der Waals surface area contributed by atoms with Gasteiger partial charge in [-0.15, -0.1) is 0 Å². The van der Waals surface area contributed by atoms with Crippen LogP contribution in [0.1, 0.15) is 42.6 Å². The summed E-state index contributed by atoms with van der Waals surface area (Å²) in [6.07, 6.45) is 1.11. The van der Waals surface area contributed by atoms with Crippen LogP contribution in [0.2, 0.25) is 0 Å². The molecule has 156 valence electrons. The Bertz CT molecular complexity index is 1200. The molecular weight excluding hydrogens is 409 g/mol. The first-order valence-electron chi connectivity index (χ1n) is 9.00. The molecule has 8 nitrogen and oxygen atoms in total. The second kappa shape index (κ2) is 7.25. The van der Waals surface area contributed by atoms with E-state index in [-0.39, 0.29) is 35.1 Å². The molecule has 2 aromatic heterocycles. The van der Waals surface area contributed by atoms with Crippen LogP contribution in [-0.2, 0) is 21.8 Å². The lowest BCUT2D eigenvalue weighted by Crippen LogP contribution is -2.55. The van der Waals surface area contributed by atoms with Gasteiger partial charge in [-0.05, 0) is 39.0 Å². The zero-order chi connectivity index (χ0) is 22.3. The lowest BCUT2D eigenvalue weighted by molar-refractivity contribution is 0.0987. The fourth-order valence-electron chi connectivity index (χ4n) is 3.09. The third kappa shape index (κ3) is 3.68. The highest BCUT2D eigenvalue weighted by atomic mass is 32.2. The first-order valence-corrected chi connectivity index (χ1v) is 10.7. The van der Waals surface area contributed by atoms with Crippen molar-refractivity contribution in [3.63, 3.8) is 0 Å². The van der Waals surface area contributed by atoms with Gasteiger partial charge < -0.3 is 5.73 Å². The van der Waals surface area contributed by atoms with E-state index in [0.29, 0.717) is 5.69 Å². The van der Waals surface area contributed by atoms with Gasteiger partial charge in [0.1, 0.15) is 33.3 Å². The summed E-state index contributed by atoms with van der Waals surface area (Å²) in [4.78, 5) is 28.1. The summed E-state index contributed by atoms with van der Waals surface area (Å²) in [5.41, 5.74) is 4.89. The molecule has 0 aliphatic carbocycles. The number of Topliss-reactive ketones (excluding diaryl/α,β-unsaturated/α-hetero) is 1. The van der Waals surface area contributed by atoms with Crippen molar-refractivity contribution in [3.8, 4) is 0 Å². The van der Waals surface area contributed by atoms with E-state index in [0.717, 1.165) is 6.07 Å². The summed E-state index contributed by atoms with van der Waals surface area (Å²) in [5.74, 6) is -1.70. The number of aromatic nitrogens is 2. The average Bonchev–Trinajstić information content (AvgIpc) is 2.67. The SMILES string of the molecule is [C-]#[N+]c1ccc(C(=O)Cc2ccc(F)c([C@@]3(C)CS(=O)(=O)C(C)(C)C(N)=N3)n2)nc1. The highest BCUT2D eigenvalue weighted by Crippen LogP contribution is 2.37. The molecule has 0 fully saturated rings. The van der Waals surface area contributed by atoms with Crippen LogP contribution in [0.5, 0.6) is 0 Å². The number of nitrogens with two attached hydrogens (primary N) is 1. The van der Waals surface area contributed by atoms with Crippen LogP contribution >= 0.6 is 0 Å². The van der Waals surface area contributed by atoms with Crippen molar-refractivity contribution in [2.75, 3.05) is 5.75 Å². The summed E-state index contributed by atoms with van der Waals surface area (Å²) in [6.45, 7) is 11.3. The molecule has 0 amide bonds. The van der Waals surface area contributed by atoms with Crippen LogP contribution in [-0.4, -0.2) is 40.5 Å². The van der Waals surface area contributed by atoms with E-state index in [9.17, 15) is 17.6 Å². The molecule has 3 rings (SSSR count). The normalized spacial score (nSPS) is 22.0. The molecule has 0 aromatic carbocycles. The highest BCUT2D eigenvalue weighted by Gasteiger charge is 2.50. The maximum Gasteiger partial charge on any atom is 0.205 e. The van der Waals surface area contributed by atoms with Crippen molar-refractivity contribution >= 4 is 27.1 Å². The lowest BCUT2D eigenvalue weighted by Gasteiger charge is -2.37. The Kier molecular flexibility index (Phi) is 5.20. The molecule has 1 atom stereocenters. The number of amidine groups is 1. The molecule has 1 aliphatic heterocycles. The van der Waals surface area contributed by atoms with Gasteiger partial charge in [0, 0.05) is 11.9 Å². The first-order chi connectivity index (χ1) is 13.9. The Balaban J connectivity index is 1.97. The second-order valence-corrected chi connectivity index (χ2v) is 10.3. The zero-order valence-electron chi connectivity index (χ0n) is 16.7. The third-order valence-electron chi connectivity index (χ3n) is 5.15. The van der Waals surface area contributed by atoms with Gasteiger partial charge in [0.25, 0.3) is 0 Å². The number of ketones is 1. The number of pyridine rings is 2. The number of hydrogen-bond acceptors (Lipinski definition) is 7. The molecule has 30 heavy (non-hydrogen) atoms. The monoisotopic (exact) mass is 429 g/mol. The van der Waals surface area contributed by atoms with Crippen LogP contribution in [0, 0.1) is 12.4 Å². The van der Waals surface area contributed by atoms with Crippen molar-refractivity contribution < 1.29 is 17.6 Å². The second-order valence-electron chi connectivity index (χ2n) is 7.79. The minimum absolute atomic E-state index is 0.122. The van der Waals surface area contributed by atoms with Crippen LogP contribution in [0.4, 0.5) is 10.1 Å². The quantitative estimate of drug-likeness (QED) is 0.589. The van der Waals surface area contributed by atoms with Gasteiger partial charge in [-0.3, -0.25) is 19.8 Å². The minimum Gasteiger partial charge on any atom is -0.386 e. The summed E-state index contributed by atoms with van der Waals surface area (Å²) >= 11 is 0. The molecule has 0 bridgehead atoms. The van der Waals surface area contributed by atoms with Gasteiger partial charge in [0.05, 0.1) is 18.7 Å². The molecule has 0 saturated heterocycles. The fraction of sp³-hybridized carbons (Fsp3) is 0.350. The number of rotatable bonds is 4. The lowest BCUT2D eigenvalue weighted by atomic mass is 9.97. The predicted molar refractivity (Wildman–Crippen MR) is 110 cm³/mol. The smallest absolute Gasteiger partial charge is 0.205 e. The summed E-state index contributed by atoms with van der Waals surface area (Å²) in [6, 6.07) is 5.39. The van der Waals surface area contributed by atoms with E-state index < -0.39 is 31.7 Å². The van der Waals surface area contributed by atoms with Crippen molar-refractivity contribution in [1.29, 1.82) is 0 Å². The van der Waals surface area contributed by atoms with E-state index in [1.54, 1.807) is 0 Å². The summed E-state index contributed by atoms with van der Waals surface area (Å²) in [5, 5.41) is 0. The molecule has 1 aliphatic rings. The largest absolute Gasteiger partial charge is 0.386 e. The van der Waals surface area contributed by atoms with E-state index in [1.807, 2.05) is 0 Å². The number of carbonyl (C=O) groups is 1. The maximum absolute atomic E-state index is 14.6. The average molecular weight is 429 g/mol. The van der Waals surface area contributed by atoms with E-state index in [4.69, 9.17) is 12.3 Å². The number of nitrogens with zero attached hydrogens (tertiary/aromatic N) is 4. The Morgan fingerprint density at radius 2 is 1.97 bits per heavy atom. The molecule has 10 heteroatoms. The van der Waals surface area contributed by atoms with Crippen molar-refractivity contribution in [3.05, 3.63) is 64.8 Å². The van der Waals surface area contributed by atoms with Crippen molar-refractivity contribution in [1.82, 2.24) is 9.97 Å². The predicted octanol–water partition coefficient (Wildman–Crippen LogP) is 2.37. The topological polar surface area (TPSA) is 120 Å². The van der Waals surface area contributed by atoms with Crippen LogP contribution < -0.4 is 5.73 Å². The Morgan fingerprint density at radius 3 is 2.53 bits per heavy atom. The number of halogens is 1. The van der Waals surface area contributed by atoms with Crippen LogP contribution in [0.15, 0.2) is 35.5 Å². The van der Waals surface area contributed by atoms with Crippen molar-refractivity contribution in [2.24, 2.45) is 10.7 Å². The van der Waals surface area contributed by atoms with E-state index in [2.05, 4.69) is 19.8 Å². The van der Waals surface area contributed by atoms with Gasteiger partial charge in [0.2, 0.25) is 5.69 Å². The van der Waals surface area contributed by atoms with Gasteiger partial charge in [0.15, 0.2) is 15.6 Å². The Morgan fingerprint density at radius 1 is 1.27 bits per heavy atom. The van der Waals surface area contributed by atoms with E-state index >= 15 is 0 Å². The Labute approximate surface area is 173 Å². The summed E-state index contributed by atoms with van der Waals surface area (Å²) < 4.78 is 38.7. The number of hydrogen-bond donors (Lipinski definition) is 1. The minimum atomic E-state index is -3.73. The standard InChI is InChI=1S/C20H20FN5O3S/c1-19(2)18(22)26-20(3,11-30(19,28)29)17-14(21)7-5-12(25-17)9-16(27)15-8-6-13(23-4)10-24-15/h5-8,10H,9,11H2,1-3H3,(H2,22,26)/t20-/m1/s1. The van der Waals surface area contributed by atoms with Gasteiger partial charge >= 0.3 is 0 Å². The Hall–Kier alpha value is -3.19. The molecule has 2 N–H and O–H groups in total. The molecule has 2 aromatic rings. The molecule has 0 unspecified atom stereocenters. The van der Waals surface area contributed by atoms with Gasteiger partial charge in [-0.2, -0.15) is 0 Å². The number of sulfone groups is 1. The molecule has 3 heterocycles. The van der Waals surface area contributed by atoms with Gasteiger partial charge in [-0.1, -0.05) is 6.07 Å². The number of carbonyl (C=O) groups excluding carboxylic acids is 1. The third-order valence-corrected chi connectivity index (χ3v) is 7.86. The molecule has 0 saturated carbocycles. The fourth-order valence-corrected chi connectivity index (χ4v) is 4.76. The van der Waals surface area contributed by atoms with Crippen LogP contribution in [0.25, 0.3) is 4.85 Å². The number of aliphatic imine (C=N–C) groups is 1. The van der Waals surface area contributed by atoms with Crippen molar-refractivity contribution in [2.45, 2.75) is 37.5 Å². The highest BCUT2D eigenvalue weighted by molar-refractivity contribution is 7.93. The molecule has 0 spiro atoms. The first kappa shape index (κ1) is 21.5. The van der Waals surface area contributed by atoms with E-state index in [1.165, 1.54) is 45.2 Å². The maximum atomic E-state index is 14.6. The zero-order valence-corrected chi connectivity index (χ0v) is 17.5. The van der Waals surface area contributed by atoms with Crippen LogP contribution in [0.3, 0.4) is 0 Å². The molecule has 0 radical (unpaired) electrons. The summed E-state index contributed by atoms with van der Waals surface area (Å²) in [7, 11) is -3.73.